The van der Waals surface area contributed by atoms with Crippen molar-refractivity contribution >= 4 is 11.8 Å². The second-order valence-corrected chi connectivity index (χ2v) is 5.03. The molecule has 0 bridgehead atoms. The Morgan fingerprint density at radius 2 is 2.38 bits per heavy atom. The molecule has 1 unspecified atom stereocenters. The molecule has 70 valence electrons. The Kier molecular flexibility index (Phi) is 2.61. The van der Waals surface area contributed by atoms with Crippen LogP contribution in [0.1, 0.15) is 18.1 Å². The molecule has 1 nitrogen and oxygen atoms in total. The van der Waals surface area contributed by atoms with Crippen molar-refractivity contribution in [3.63, 3.8) is 0 Å². The first-order chi connectivity index (χ1) is 6.31. The van der Waals surface area contributed by atoms with Crippen LogP contribution in [0.25, 0.3) is 0 Å². The first-order valence-corrected chi connectivity index (χ1v) is 5.66. The van der Waals surface area contributed by atoms with Crippen LogP contribution in [0, 0.1) is 0 Å². The van der Waals surface area contributed by atoms with Crippen molar-refractivity contribution in [2.45, 2.75) is 29.9 Å². The highest BCUT2D eigenvalue weighted by Gasteiger charge is 2.20. The molecule has 1 aliphatic heterocycles. The van der Waals surface area contributed by atoms with Crippen molar-refractivity contribution in [2.75, 3.05) is 6.54 Å². The molecule has 1 aromatic rings. The van der Waals surface area contributed by atoms with E-state index in [1.165, 1.54) is 22.4 Å². The average Bonchev–Trinajstić information content (AvgIpc) is 2.47. The number of benzene rings is 1. The van der Waals surface area contributed by atoms with E-state index < -0.39 is 0 Å². The maximum atomic E-state index is 5.58. The second-order valence-electron chi connectivity index (χ2n) is 3.58. The van der Waals surface area contributed by atoms with Crippen molar-refractivity contribution in [3.8, 4) is 0 Å². The van der Waals surface area contributed by atoms with Crippen LogP contribution in [0.5, 0.6) is 0 Å². The van der Waals surface area contributed by atoms with Gasteiger partial charge in [0.15, 0.2) is 0 Å². The second kappa shape index (κ2) is 3.72. The lowest BCUT2D eigenvalue weighted by Crippen LogP contribution is -2.03. The minimum atomic E-state index is 0.744. The van der Waals surface area contributed by atoms with Gasteiger partial charge in [0, 0.05) is 10.1 Å². The van der Waals surface area contributed by atoms with E-state index in [1.54, 1.807) is 0 Å². The zero-order valence-corrected chi connectivity index (χ0v) is 8.73. The average molecular weight is 193 g/mol. The topological polar surface area (TPSA) is 26.0 Å². The summed E-state index contributed by atoms with van der Waals surface area (Å²) in [6, 6.07) is 6.60. The molecule has 0 aliphatic carbocycles. The van der Waals surface area contributed by atoms with E-state index in [1.807, 2.05) is 11.8 Å². The first-order valence-electron chi connectivity index (χ1n) is 4.78. The van der Waals surface area contributed by atoms with Gasteiger partial charge in [0.1, 0.15) is 0 Å². The summed E-state index contributed by atoms with van der Waals surface area (Å²) in [6.45, 7) is 3.04. The molecule has 2 N–H and O–H groups in total. The fourth-order valence-electron chi connectivity index (χ4n) is 1.86. The highest BCUT2D eigenvalue weighted by molar-refractivity contribution is 8.00. The van der Waals surface area contributed by atoms with Gasteiger partial charge < -0.3 is 5.73 Å². The van der Waals surface area contributed by atoms with Gasteiger partial charge in [-0.05, 0) is 30.5 Å². The van der Waals surface area contributed by atoms with Crippen molar-refractivity contribution in [2.24, 2.45) is 5.73 Å². The molecule has 0 fully saturated rings. The number of thioether (sulfide) groups is 1. The Hall–Kier alpha value is -0.470. The molecular formula is C11H15NS. The van der Waals surface area contributed by atoms with E-state index in [0.29, 0.717) is 0 Å². The summed E-state index contributed by atoms with van der Waals surface area (Å²) >= 11 is 2.00. The zero-order valence-electron chi connectivity index (χ0n) is 7.92. The molecule has 1 atom stereocenters. The Morgan fingerprint density at radius 1 is 1.54 bits per heavy atom. The van der Waals surface area contributed by atoms with Gasteiger partial charge in [-0.1, -0.05) is 25.1 Å². The lowest BCUT2D eigenvalue weighted by atomic mass is 10.1. The first kappa shape index (κ1) is 9.10. The van der Waals surface area contributed by atoms with Gasteiger partial charge in [0.2, 0.25) is 0 Å². The van der Waals surface area contributed by atoms with E-state index in [9.17, 15) is 0 Å². The molecule has 1 aliphatic rings. The smallest absolute Gasteiger partial charge is 0.0140 e. The molecule has 2 rings (SSSR count). The van der Waals surface area contributed by atoms with Crippen molar-refractivity contribution in [3.05, 3.63) is 29.3 Å². The summed E-state index contributed by atoms with van der Waals surface area (Å²) in [5.74, 6) is 0. The van der Waals surface area contributed by atoms with Crippen molar-refractivity contribution in [1.82, 2.24) is 0 Å². The Labute approximate surface area is 83.7 Å². The third-order valence-electron chi connectivity index (χ3n) is 2.42. The molecule has 0 amide bonds. The Bertz CT molecular complexity index is 309. The van der Waals surface area contributed by atoms with Gasteiger partial charge in [-0.2, -0.15) is 0 Å². The third-order valence-corrected chi connectivity index (χ3v) is 3.75. The van der Waals surface area contributed by atoms with E-state index in [-0.39, 0.29) is 0 Å². The molecule has 0 saturated heterocycles. The normalized spacial score (nSPS) is 20.3. The van der Waals surface area contributed by atoms with Crippen LogP contribution in [0.15, 0.2) is 23.1 Å². The van der Waals surface area contributed by atoms with Gasteiger partial charge in [-0.25, -0.2) is 0 Å². The number of hydrogen-bond acceptors (Lipinski definition) is 2. The lowest BCUT2D eigenvalue weighted by molar-refractivity contribution is 0.921. The van der Waals surface area contributed by atoms with Crippen LogP contribution in [0.2, 0.25) is 0 Å². The molecular weight excluding hydrogens is 178 g/mol. The fourth-order valence-corrected chi connectivity index (χ4v) is 3.14. The molecule has 0 aromatic heterocycles. The van der Waals surface area contributed by atoms with Crippen LogP contribution in [0.4, 0.5) is 0 Å². The number of fused-ring (bicyclic) bond motifs is 1. The monoisotopic (exact) mass is 193 g/mol. The standard InChI is InChI=1S/C11H15NS/c1-8-7-10-4-2-3-9(5-6-12)11(10)13-8/h2-4,8H,5-7,12H2,1H3. The summed E-state index contributed by atoms with van der Waals surface area (Å²) in [6.07, 6.45) is 2.24. The maximum absolute atomic E-state index is 5.58. The van der Waals surface area contributed by atoms with Gasteiger partial charge in [-0.15, -0.1) is 11.8 Å². The van der Waals surface area contributed by atoms with Crippen LogP contribution in [0.3, 0.4) is 0 Å². The largest absolute Gasteiger partial charge is 0.330 e. The SMILES string of the molecule is CC1Cc2cccc(CCN)c2S1. The molecule has 1 aromatic carbocycles. The van der Waals surface area contributed by atoms with Crippen molar-refractivity contribution < 1.29 is 0 Å². The summed E-state index contributed by atoms with van der Waals surface area (Å²) in [7, 11) is 0. The maximum Gasteiger partial charge on any atom is 0.0140 e. The third kappa shape index (κ3) is 1.74. The lowest BCUT2D eigenvalue weighted by Gasteiger charge is -2.05. The highest BCUT2D eigenvalue weighted by Crippen LogP contribution is 2.39. The molecule has 2 heteroatoms. The molecule has 13 heavy (non-hydrogen) atoms. The minimum Gasteiger partial charge on any atom is -0.330 e. The molecule has 1 heterocycles. The Balaban J connectivity index is 2.34. The highest BCUT2D eigenvalue weighted by atomic mass is 32.2. The summed E-state index contributed by atoms with van der Waals surface area (Å²) in [5.41, 5.74) is 8.54. The number of hydrogen-bond donors (Lipinski definition) is 1. The van der Waals surface area contributed by atoms with Crippen LogP contribution < -0.4 is 5.73 Å². The summed E-state index contributed by atoms with van der Waals surface area (Å²) < 4.78 is 0. The quantitative estimate of drug-likeness (QED) is 0.779. The van der Waals surface area contributed by atoms with Crippen LogP contribution >= 0.6 is 11.8 Å². The predicted molar refractivity (Wildman–Crippen MR) is 58.2 cm³/mol. The molecule has 0 saturated carbocycles. The van der Waals surface area contributed by atoms with Gasteiger partial charge in [0.05, 0.1) is 0 Å². The van der Waals surface area contributed by atoms with E-state index in [4.69, 9.17) is 5.73 Å². The van der Waals surface area contributed by atoms with Crippen molar-refractivity contribution in [1.29, 1.82) is 0 Å². The van der Waals surface area contributed by atoms with E-state index in [2.05, 4.69) is 25.1 Å². The van der Waals surface area contributed by atoms with Crippen LogP contribution in [-0.4, -0.2) is 11.8 Å². The minimum absolute atomic E-state index is 0.744. The van der Waals surface area contributed by atoms with E-state index >= 15 is 0 Å². The number of nitrogens with two attached hydrogens (primary N) is 1. The zero-order chi connectivity index (χ0) is 9.26. The van der Waals surface area contributed by atoms with Gasteiger partial charge in [-0.3, -0.25) is 0 Å². The number of rotatable bonds is 2. The molecule has 0 spiro atoms. The summed E-state index contributed by atoms with van der Waals surface area (Å²) in [5, 5.41) is 0.744. The molecule has 0 radical (unpaired) electrons. The fraction of sp³-hybridized carbons (Fsp3) is 0.455. The Morgan fingerprint density at radius 3 is 3.15 bits per heavy atom. The van der Waals surface area contributed by atoms with Crippen LogP contribution in [-0.2, 0) is 12.8 Å². The van der Waals surface area contributed by atoms with Gasteiger partial charge in [0.25, 0.3) is 0 Å². The summed E-state index contributed by atoms with van der Waals surface area (Å²) in [4.78, 5) is 1.50. The predicted octanol–water partition coefficient (Wildman–Crippen LogP) is 2.22. The van der Waals surface area contributed by atoms with E-state index in [0.717, 1.165) is 18.2 Å². The van der Waals surface area contributed by atoms with Gasteiger partial charge >= 0.3 is 0 Å².